The average molecular weight is 481 g/mol. The van der Waals surface area contributed by atoms with Gasteiger partial charge in [-0.25, -0.2) is 18.1 Å². The van der Waals surface area contributed by atoms with E-state index < -0.39 is 35.4 Å². The van der Waals surface area contributed by atoms with Crippen molar-refractivity contribution in [1.29, 1.82) is 0 Å². The molecule has 6 nitrogen and oxygen atoms in total. The highest BCUT2D eigenvalue weighted by Gasteiger charge is 2.60. The Balaban J connectivity index is 1.55. The molecule has 0 saturated carbocycles. The van der Waals surface area contributed by atoms with Crippen molar-refractivity contribution in [2.75, 3.05) is 13.1 Å². The number of rotatable bonds is 5. The van der Waals surface area contributed by atoms with Gasteiger partial charge in [-0.05, 0) is 42.0 Å². The van der Waals surface area contributed by atoms with Gasteiger partial charge in [0.05, 0.1) is 0 Å². The number of hydrogen-bond acceptors (Lipinski definition) is 5. The molecule has 5 rings (SSSR count). The number of fused-ring (bicyclic) bond motifs is 1. The fourth-order valence-electron chi connectivity index (χ4n) is 4.74. The molecule has 2 N–H and O–H groups in total. The predicted octanol–water partition coefficient (Wildman–Crippen LogP) is 2.82. The topological polar surface area (TPSA) is 70.7 Å². The summed E-state index contributed by atoms with van der Waals surface area (Å²) in [6.45, 7) is 0.611. The lowest BCUT2D eigenvalue weighted by molar-refractivity contribution is -0.153. The zero-order valence-corrected chi connectivity index (χ0v) is 18.5. The zero-order chi connectivity index (χ0) is 24.6. The van der Waals surface area contributed by atoms with E-state index in [1.165, 1.54) is 60.7 Å². The number of ether oxygens (including phenoxy) is 1. The van der Waals surface area contributed by atoms with Crippen LogP contribution in [-0.4, -0.2) is 41.9 Å². The van der Waals surface area contributed by atoms with E-state index in [9.17, 15) is 22.8 Å². The van der Waals surface area contributed by atoms with Crippen LogP contribution in [0.25, 0.3) is 0 Å². The van der Waals surface area contributed by atoms with Crippen molar-refractivity contribution < 1.29 is 27.5 Å². The van der Waals surface area contributed by atoms with Gasteiger partial charge < -0.3 is 15.4 Å². The van der Waals surface area contributed by atoms with Gasteiger partial charge in [0.1, 0.15) is 29.5 Å². The summed E-state index contributed by atoms with van der Waals surface area (Å²) in [6, 6.07) is 15.0. The summed E-state index contributed by atoms with van der Waals surface area (Å²) in [5.41, 5.74) is -0.000286. The summed E-state index contributed by atoms with van der Waals surface area (Å²) in [7, 11) is 0. The minimum absolute atomic E-state index is 0.156. The number of nitrogens with one attached hydrogen (secondary N) is 2. The molecule has 9 heteroatoms. The molecular formula is C26H22F3N3O3. The summed E-state index contributed by atoms with van der Waals surface area (Å²) in [6.07, 6.45) is 0. The zero-order valence-electron chi connectivity index (χ0n) is 18.5. The van der Waals surface area contributed by atoms with Gasteiger partial charge in [0.2, 0.25) is 11.6 Å². The standard InChI is InChI=1S/C26H22F3N3O3/c27-19-7-1-16(2-8-19)13-31-24(33)22-14-30-15-23-25(34)35-26(32(22)23,17-3-9-20(28)10-4-17)18-5-11-21(29)12-6-18/h1-12,22-23,30H,13-15H2,(H,31,33). The second-order valence-corrected chi connectivity index (χ2v) is 8.52. The maximum absolute atomic E-state index is 13.8. The van der Waals surface area contributed by atoms with E-state index in [0.29, 0.717) is 16.7 Å². The molecule has 2 fully saturated rings. The summed E-state index contributed by atoms with van der Waals surface area (Å²) >= 11 is 0. The van der Waals surface area contributed by atoms with Crippen molar-refractivity contribution >= 4 is 11.9 Å². The van der Waals surface area contributed by atoms with Crippen LogP contribution in [-0.2, 0) is 26.6 Å². The highest BCUT2D eigenvalue weighted by atomic mass is 19.1. The Kier molecular flexibility index (Phi) is 6.04. The molecule has 2 aliphatic heterocycles. The van der Waals surface area contributed by atoms with Crippen LogP contribution in [0.15, 0.2) is 72.8 Å². The number of piperazine rings is 1. The minimum Gasteiger partial charge on any atom is -0.434 e. The molecule has 0 aliphatic carbocycles. The van der Waals surface area contributed by atoms with Gasteiger partial charge in [-0.3, -0.25) is 9.59 Å². The number of cyclic esters (lactones) is 1. The van der Waals surface area contributed by atoms with Crippen LogP contribution in [0.5, 0.6) is 0 Å². The molecule has 0 aromatic heterocycles. The number of carbonyl (C=O) groups is 2. The normalized spacial score (nSPS) is 21.3. The monoisotopic (exact) mass is 481 g/mol. The Hall–Kier alpha value is -3.69. The van der Waals surface area contributed by atoms with Crippen molar-refractivity contribution in [3.63, 3.8) is 0 Å². The molecule has 180 valence electrons. The molecule has 2 unspecified atom stereocenters. The van der Waals surface area contributed by atoms with Crippen LogP contribution in [0.4, 0.5) is 13.2 Å². The molecule has 2 aliphatic rings. The molecule has 3 aromatic rings. The van der Waals surface area contributed by atoms with Crippen LogP contribution in [0.2, 0.25) is 0 Å². The SMILES string of the molecule is O=C(NCc1ccc(F)cc1)C1CNCC2C(=O)OC(c3ccc(F)cc3)(c3ccc(F)cc3)N12. The quantitative estimate of drug-likeness (QED) is 0.549. The Morgan fingerprint density at radius 1 is 0.886 bits per heavy atom. The molecule has 0 bridgehead atoms. The van der Waals surface area contributed by atoms with Gasteiger partial charge in [0.25, 0.3) is 0 Å². The van der Waals surface area contributed by atoms with Gasteiger partial charge in [0, 0.05) is 30.8 Å². The number of halogens is 3. The van der Waals surface area contributed by atoms with Crippen LogP contribution >= 0.6 is 0 Å². The number of benzene rings is 3. The number of amides is 1. The Morgan fingerprint density at radius 2 is 1.40 bits per heavy atom. The molecule has 1 amide bonds. The summed E-state index contributed by atoms with van der Waals surface area (Å²) in [4.78, 5) is 28.1. The van der Waals surface area contributed by atoms with E-state index in [1.54, 1.807) is 17.0 Å². The first-order valence-electron chi connectivity index (χ1n) is 11.1. The van der Waals surface area contributed by atoms with Crippen molar-refractivity contribution in [1.82, 2.24) is 15.5 Å². The highest BCUT2D eigenvalue weighted by Crippen LogP contribution is 2.45. The molecule has 2 atom stereocenters. The van der Waals surface area contributed by atoms with Crippen LogP contribution < -0.4 is 10.6 Å². The Morgan fingerprint density at radius 3 is 1.94 bits per heavy atom. The summed E-state index contributed by atoms with van der Waals surface area (Å²) in [5.74, 6) is -2.26. The minimum atomic E-state index is -1.57. The maximum Gasteiger partial charge on any atom is 0.327 e. The first-order chi connectivity index (χ1) is 16.9. The summed E-state index contributed by atoms with van der Waals surface area (Å²) < 4.78 is 46.8. The van der Waals surface area contributed by atoms with Gasteiger partial charge in [-0.15, -0.1) is 0 Å². The van der Waals surface area contributed by atoms with Crippen molar-refractivity contribution in [3.05, 3.63) is 107 Å². The third-order valence-electron chi connectivity index (χ3n) is 6.38. The lowest BCUT2D eigenvalue weighted by Crippen LogP contribution is -2.65. The molecular weight excluding hydrogens is 459 g/mol. The Bertz CT molecular complexity index is 1190. The number of carbonyl (C=O) groups excluding carboxylic acids is 2. The van der Waals surface area contributed by atoms with E-state index in [-0.39, 0.29) is 31.4 Å². The first-order valence-corrected chi connectivity index (χ1v) is 11.1. The third-order valence-corrected chi connectivity index (χ3v) is 6.38. The predicted molar refractivity (Wildman–Crippen MR) is 120 cm³/mol. The van der Waals surface area contributed by atoms with Crippen molar-refractivity contribution in [3.8, 4) is 0 Å². The number of hydrogen-bond donors (Lipinski definition) is 2. The molecule has 35 heavy (non-hydrogen) atoms. The van der Waals surface area contributed by atoms with E-state index in [1.807, 2.05) is 0 Å². The first kappa shape index (κ1) is 23.1. The van der Waals surface area contributed by atoms with E-state index in [2.05, 4.69) is 10.6 Å². The van der Waals surface area contributed by atoms with Gasteiger partial charge in [0.15, 0.2) is 0 Å². The average Bonchev–Trinajstić information content (AvgIpc) is 3.18. The molecule has 3 aromatic carbocycles. The van der Waals surface area contributed by atoms with E-state index in [4.69, 9.17) is 4.74 Å². The highest BCUT2D eigenvalue weighted by molar-refractivity contribution is 5.86. The lowest BCUT2D eigenvalue weighted by atomic mass is 9.89. The molecule has 0 spiro atoms. The smallest absolute Gasteiger partial charge is 0.327 e. The van der Waals surface area contributed by atoms with E-state index in [0.717, 1.165) is 0 Å². The van der Waals surface area contributed by atoms with Gasteiger partial charge >= 0.3 is 5.97 Å². The second kappa shape index (κ2) is 9.16. The third kappa shape index (κ3) is 4.17. The summed E-state index contributed by atoms with van der Waals surface area (Å²) in [5, 5.41) is 5.95. The van der Waals surface area contributed by atoms with Crippen LogP contribution in [0.3, 0.4) is 0 Å². The maximum atomic E-state index is 13.8. The van der Waals surface area contributed by atoms with Gasteiger partial charge in [-0.1, -0.05) is 36.4 Å². The van der Waals surface area contributed by atoms with Crippen LogP contribution in [0.1, 0.15) is 16.7 Å². The second-order valence-electron chi connectivity index (χ2n) is 8.52. The molecule has 2 saturated heterocycles. The fourth-order valence-corrected chi connectivity index (χ4v) is 4.74. The number of esters is 1. The van der Waals surface area contributed by atoms with E-state index >= 15 is 0 Å². The number of nitrogens with zero attached hydrogens (tertiary/aromatic N) is 1. The van der Waals surface area contributed by atoms with Crippen molar-refractivity contribution in [2.24, 2.45) is 0 Å². The Labute approximate surface area is 199 Å². The molecule has 0 radical (unpaired) electrons. The largest absolute Gasteiger partial charge is 0.434 e. The fraction of sp³-hybridized carbons (Fsp3) is 0.231. The molecule has 2 heterocycles. The van der Waals surface area contributed by atoms with Crippen LogP contribution in [0, 0.1) is 17.5 Å². The lowest BCUT2D eigenvalue weighted by Gasteiger charge is -2.44. The van der Waals surface area contributed by atoms with Crippen molar-refractivity contribution in [2.45, 2.75) is 24.4 Å². The van der Waals surface area contributed by atoms with Gasteiger partial charge in [-0.2, -0.15) is 0 Å².